The fourth-order valence-electron chi connectivity index (χ4n) is 1.83. The molecule has 1 aliphatic rings. The zero-order valence-electron chi connectivity index (χ0n) is 9.44. The Labute approximate surface area is 104 Å². The number of hydrogen-bond acceptors (Lipinski definition) is 3. The Bertz CT molecular complexity index is 487. The van der Waals surface area contributed by atoms with E-state index >= 15 is 0 Å². The highest BCUT2D eigenvalue weighted by Gasteiger charge is 2.36. The summed E-state index contributed by atoms with van der Waals surface area (Å²) in [4.78, 5) is 25.0. The SMILES string of the molecule is CC(CN)CN1C(=O)C(=O)c2ccc(Cl)cc21. The summed E-state index contributed by atoms with van der Waals surface area (Å²) in [7, 11) is 0. The van der Waals surface area contributed by atoms with Crippen molar-refractivity contribution in [3.63, 3.8) is 0 Å². The Morgan fingerprint density at radius 1 is 1.41 bits per heavy atom. The number of amides is 1. The maximum atomic E-state index is 11.8. The quantitative estimate of drug-likeness (QED) is 0.829. The number of hydrogen-bond donors (Lipinski definition) is 1. The molecular weight excluding hydrogens is 240 g/mol. The van der Waals surface area contributed by atoms with Gasteiger partial charge in [-0.15, -0.1) is 0 Å². The molecule has 0 fully saturated rings. The Kier molecular flexibility index (Phi) is 3.17. The van der Waals surface area contributed by atoms with Gasteiger partial charge in [0, 0.05) is 11.6 Å². The Balaban J connectivity index is 2.39. The zero-order chi connectivity index (χ0) is 12.6. The molecule has 0 radical (unpaired) electrons. The molecule has 0 saturated heterocycles. The second-order valence-electron chi connectivity index (χ2n) is 4.25. The first-order valence-electron chi connectivity index (χ1n) is 5.40. The summed E-state index contributed by atoms with van der Waals surface area (Å²) in [6.45, 7) is 2.84. The van der Waals surface area contributed by atoms with Crippen molar-refractivity contribution in [3.8, 4) is 0 Å². The minimum absolute atomic E-state index is 0.136. The van der Waals surface area contributed by atoms with E-state index in [1.54, 1.807) is 18.2 Å². The van der Waals surface area contributed by atoms with E-state index in [2.05, 4.69) is 0 Å². The lowest BCUT2D eigenvalue weighted by atomic mass is 10.1. The van der Waals surface area contributed by atoms with Gasteiger partial charge in [-0.25, -0.2) is 0 Å². The van der Waals surface area contributed by atoms with E-state index in [1.807, 2.05) is 6.92 Å². The number of benzene rings is 1. The van der Waals surface area contributed by atoms with E-state index in [0.717, 1.165) is 0 Å². The van der Waals surface area contributed by atoms with Gasteiger partial charge in [-0.1, -0.05) is 18.5 Å². The first kappa shape index (κ1) is 12.1. The fraction of sp³-hybridized carbons (Fsp3) is 0.333. The van der Waals surface area contributed by atoms with Gasteiger partial charge in [-0.3, -0.25) is 9.59 Å². The van der Waals surface area contributed by atoms with Crippen molar-refractivity contribution in [2.45, 2.75) is 6.92 Å². The Morgan fingerprint density at radius 2 is 2.12 bits per heavy atom. The molecule has 2 rings (SSSR count). The van der Waals surface area contributed by atoms with Crippen LogP contribution in [0.3, 0.4) is 0 Å². The Morgan fingerprint density at radius 3 is 2.76 bits per heavy atom. The molecule has 2 N–H and O–H groups in total. The van der Waals surface area contributed by atoms with E-state index in [0.29, 0.717) is 29.4 Å². The highest BCUT2D eigenvalue weighted by molar-refractivity contribution is 6.52. The summed E-state index contributed by atoms with van der Waals surface area (Å²) >= 11 is 5.88. The summed E-state index contributed by atoms with van der Waals surface area (Å²) in [5, 5.41) is 0.511. The average molecular weight is 253 g/mol. The number of Topliss-reactive ketones (excluding diaryl/α,β-unsaturated/α-hetero) is 1. The van der Waals surface area contributed by atoms with Crippen LogP contribution in [0.2, 0.25) is 5.02 Å². The largest absolute Gasteiger partial charge is 0.330 e. The molecule has 0 bridgehead atoms. The van der Waals surface area contributed by atoms with Crippen LogP contribution in [0.4, 0.5) is 5.69 Å². The molecule has 17 heavy (non-hydrogen) atoms. The maximum absolute atomic E-state index is 11.8. The van der Waals surface area contributed by atoms with E-state index in [4.69, 9.17) is 17.3 Å². The van der Waals surface area contributed by atoms with E-state index in [1.165, 1.54) is 4.90 Å². The molecule has 0 aromatic heterocycles. The van der Waals surface area contributed by atoms with E-state index in [9.17, 15) is 9.59 Å². The van der Waals surface area contributed by atoms with Crippen LogP contribution >= 0.6 is 11.6 Å². The van der Waals surface area contributed by atoms with Gasteiger partial charge in [0.2, 0.25) is 0 Å². The molecule has 1 atom stereocenters. The summed E-state index contributed by atoms with van der Waals surface area (Å²) < 4.78 is 0. The van der Waals surface area contributed by atoms with Crippen molar-refractivity contribution in [1.82, 2.24) is 0 Å². The molecule has 4 nitrogen and oxygen atoms in total. The van der Waals surface area contributed by atoms with Gasteiger partial charge in [-0.2, -0.15) is 0 Å². The van der Waals surface area contributed by atoms with Gasteiger partial charge >= 0.3 is 0 Å². The lowest BCUT2D eigenvalue weighted by Gasteiger charge is -2.20. The van der Waals surface area contributed by atoms with Gasteiger partial charge in [0.15, 0.2) is 0 Å². The lowest BCUT2D eigenvalue weighted by Crippen LogP contribution is -2.35. The van der Waals surface area contributed by atoms with Crippen molar-refractivity contribution in [3.05, 3.63) is 28.8 Å². The topological polar surface area (TPSA) is 63.4 Å². The molecule has 1 aromatic carbocycles. The number of rotatable bonds is 3. The van der Waals surface area contributed by atoms with Crippen molar-refractivity contribution >= 4 is 29.0 Å². The molecule has 1 amide bonds. The van der Waals surface area contributed by atoms with Crippen LogP contribution in [0.25, 0.3) is 0 Å². The molecule has 0 spiro atoms. The number of nitrogens with two attached hydrogens (primary N) is 1. The highest BCUT2D eigenvalue weighted by Crippen LogP contribution is 2.31. The zero-order valence-corrected chi connectivity index (χ0v) is 10.2. The third-order valence-electron chi connectivity index (χ3n) is 2.83. The fourth-order valence-corrected chi connectivity index (χ4v) is 2.00. The average Bonchev–Trinajstić information content (AvgIpc) is 2.54. The van der Waals surface area contributed by atoms with Crippen LogP contribution in [0.1, 0.15) is 17.3 Å². The van der Waals surface area contributed by atoms with Gasteiger partial charge in [-0.05, 0) is 30.7 Å². The van der Waals surface area contributed by atoms with Gasteiger partial charge in [0.05, 0.1) is 11.3 Å². The predicted octanol–water partition coefficient (Wildman–Crippen LogP) is 1.46. The van der Waals surface area contributed by atoms with Crippen LogP contribution in [0.15, 0.2) is 18.2 Å². The predicted molar refractivity (Wildman–Crippen MR) is 66.4 cm³/mol. The second kappa shape index (κ2) is 4.47. The minimum Gasteiger partial charge on any atom is -0.330 e. The molecule has 1 aromatic rings. The number of nitrogens with zero attached hydrogens (tertiary/aromatic N) is 1. The molecule has 0 saturated carbocycles. The van der Waals surface area contributed by atoms with Crippen molar-refractivity contribution < 1.29 is 9.59 Å². The summed E-state index contributed by atoms with van der Waals surface area (Å²) in [6.07, 6.45) is 0. The molecular formula is C12H13ClN2O2. The van der Waals surface area contributed by atoms with E-state index in [-0.39, 0.29) is 5.92 Å². The van der Waals surface area contributed by atoms with Crippen molar-refractivity contribution in [2.24, 2.45) is 11.7 Å². The smallest absolute Gasteiger partial charge is 0.299 e. The third kappa shape index (κ3) is 2.06. The number of fused-ring (bicyclic) bond motifs is 1. The summed E-state index contributed by atoms with van der Waals surface area (Å²) in [6, 6.07) is 4.84. The standard InChI is InChI=1S/C12H13ClN2O2/c1-7(5-14)6-15-10-4-8(13)2-3-9(10)11(16)12(15)17/h2-4,7H,5-6,14H2,1H3. The second-order valence-corrected chi connectivity index (χ2v) is 4.68. The third-order valence-corrected chi connectivity index (χ3v) is 3.07. The van der Waals surface area contributed by atoms with Crippen molar-refractivity contribution in [1.29, 1.82) is 0 Å². The van der Waals surface area contributed by atoms with Crippen LogP contribution < -0.4 is 10.6 Å². The molecule has 90 valence electrons. The first-order valence-corrected chi connectivity index (χ1v) is 5.78. The first-order chi connectivity index (χ1) is 8.04. The van der Waals surface area contributed by atoms with Gasteiger partial charge in [0.25, 0.3) is 11.7 Å². The monoisotopic (exact) mass is 252 g/mol. The molecule has 1 heterocycles. The molecule has 5 heteroatoms. The van der Waals surface area contributed by atoms with Crippen LogP contribution in [-0.2, 0) is 4.79 Å². The minimum atomic E-state index is -0.498. The normalized spacial score (nSPS) is 16.3. The maximum Gasteiger partial charge on any atom is 0.299 e. The number of carbonyl (C=O) groups is 2. The van der Waals surface area contributed by atoms with E-state index < -0.39 is 11.7 Å². The van der Waals surface area contributed by atoms with Crippen molar-refractivity contribution in [2.75, 3.05) is 18.0 Å². The van der Waals surface area contributed by atoms with Crippen LogP contribution in [0.5, 0.6) is 0 Å². The molecule has 0 aliphatic carbocycles. The van der Waals surface area contributed by atoms with Crippen LogP contribution in [0, 0.1) is 5.92 Å². The highest BCUT2D eigenvalue weighted by atomic mass is 35.5. The number of halogens is 1. The number of carbonyl (C=O) groups excluding carboxylic acids is 2. The molecule has 1 aliphatic heterocycles. The van der Waals surface area contributed by atoms with Crippen LogP contribution in [-0.4, -0.2) is 24.8 Å². The van der Waals surface area contributed by atoms with Gasteiger partial charge < -0.3 is 10.6 Å². The Hall–Kier alpha value is -1.39. The number of ketones is 1. The summed E-state index contributed by atoms with van der Waals surface area (Å²) in [5.74, 6) is -0.833. The molecule has 1 unspecified atom stereocenters. The van der Waals surface area contributed by atoms with Gasteiger partial charge in [0.1, 0.15) is 0 Å². The summed E-state index contributed by atoms with van der Waals surface area (Å²) in [5.41, 5.74) is 6.54. The number of anilines is 1. The lowest BCUT2D eigenvalue weighted by molar-refractivity contribution is -0.114.